The lowest BCUT2D eigenvalue weighted by atomic mass is 10.0. The molecule has 0 aliphatic carbocycles. The van der Waals surface area contributed by atoms with Crippen molar-refractivity contribution in [1.29, 1.82) is 0 Å². The van der Waals surface area contributed by atoms with E-state index in [4.69, 9.17) is 4.74 Å². The second kappa shape index (κ2) is 9.72. The summed E-state index contributed by atoms with van der Waals surface area (Å²) in [6, 6.07) is 16.3. The van der Waals surface area contributed by atoms with Gasteiger partial charge in [0, 0.05) is 25.2 Å². The van der Waals surface area contributed by atoms with Gasteiger partial charge >= 0.3 is 0 Å². The lowest BCUT2D eigenvalue weighted by Crippen LogP contribution is -2.27. The van der Waals surface area contributed by atoms with Gasteiger partial charge in [0.1, 0.15) is 5.75 Å². The summed E-state index contributed by atoms with van der Waals surface area (Å²) in [5.74, 6) is 1.45. The third-order valence-electron chi connectivity index (χ3n) is 4.15. The van der Waals surface area contributed by atoms with Gasteiger partial charge in [0.05, 0.1) is 7.11 Å². The average molecular weight is 340 g/mol. The Kier molecular flexibility index (Phi) is 7.33. The Hall–Kier alpha value is -2.49. The van der Waals surface area contributed by atoms with Crippen molar-refractivity contribution in [3.63, 3.8) is 0 Å². The van der Waals surface area contributed by atoms with E-state index in [1.54, 1.807) is 7.11 Å². The molecule has 0 saturated heterocycles. The number of nitrogens with one attached hydrogen (secondary N) is 2. The van der Waals surface area contributed by atoms with E-state index in [-0.39, 0.29) is 5.91 Å². The summed E-state index contributed by atoms with van der Waals surface area (Å²) in [6.07, 6.45) is 1.29. The summed E-state index contributed by atoms with van der Waals surface area (Å²) < 4.78 is 5.13. The van der Waals surface area contributed by atoms with E-state index in [0.29, 0.717) is 25.4 Å². The molecule has 2 rings (SSSR count). The van der Waals surface area contributed by atoms with Crippen LogP contribution in [-0.2, 0) is 11.2 Å². The Morgan fingerprint density at radius 1 is 1.00 bits per heavy atom. The van der Waals surface area contributed by atoms with Crippen LogP contribution in [-0.4, -0.2) is 26.1 Å². The number of ether oxygens (including phenoxy) is 1. The standard InChI is InChI=1S/C21H28N2O2/c1-16(2)18-6-8-19(9-7-18)22-15-13-21(24)23-14-12-17-4-10-20(25-3)11-5-17/h4-11,16,22H,12-15H2,1-3H3,(H,23,24). The molecular weight excluding hydrogens is 312 g/mol. The fourth-order valence-electron chi connectivity index (χ4n) is 2.53. The molecule has 2 N–H and O–H groups in total. The smallest absolute Gasteiger partial charge is 0.221 e. The van der Waals surface area contributed by atoms with E-state index >= 15 is 0 Å². The van der Waals surface area contributed by atoms with Crippen molar-refractivity contribution >= 4 is 11.6 Å². The van der Waals surface area contributed by atoms with E-state index in [1.165, 1.54) is 11.1 Å². The molecule has 4 heteroatoms. The number of carbonyl (C=O) groups excluding carboxylic acids is 1. The van der Waals surface area contributed by atoms with E-state index in [1.807, 2.05) is 24.3 Å². The topological polar surface area (TPSA) is 50.4 Å². The molecule has 0 spiro atoms. The zero-order chi connectivity index (χ0) is 18.1. The quantitative estimate of drug-likeness (QED) is 0.726. The normalized spacial score (nSPS) is 10.6. The molecule has 134 valence electrons. The zero-order valence-corrected chi connectivity index (χ0v) is 15.3. The highest BCUT2D eigenvalue weighted by molar-refractivity contribution is 5.76. The summed E-state index contributed by atoms with van der Waals surface area (Å²) >= 11 is 0. The lowest BCUT2D eigenvalue weighted by Gasteiger charge is -2.10. The molecule has 2 aromatic carbocycles. The average Bonchev–Trinajstić information content (AvgIpc) is 2.63. The minimum absolute atomic E-state index is 0.0693. The third-order valence-corrected chi connectivity index (χ3v) is 4.15. The predicted molar refractivity (Wildman–Crippen MR) is 103 cm³/mol. The first-order chi connectivity index (χ1) is 12.1. The van der Waals surface area contributed by atoms with Gasteiger partial charge in [-0.2, -0.15) is 0 Å². The summed E-state index contributed by atoms with van der Waals surface area (Å²) in [6.45, 7) is 5.64. The first-order valence-electron chi connectivity index (χ1n) is 8.82. The van der Waals surface area contributed by atoms with Gasteiger partial charge in [0.2, 0.25) is 5.91 Å². The molecule has 0 heterocycles. The van der Waals surface area contributed by atoms with Crippen LogP contribution in [0.25, 0.3) is 0 Å². The molecular formula is C21H28N2O2. The molecule has 0 atom stereocenters. The van der Waals surface area contributed by atoms with Crippen LogP contribution >= 0.6 is 0 Å². The Bertz CT molecular complexity index is 649. The number of hydrogen-bond acceptors (Lipinski definition) is 3. The van der Waals surface area contributed by atoms with Crippen molar-refractivity contribution in [2.45, 2.75) is 32.6 Å². The van der Waals surface area contributed by atoms with Gasteiger partial charge in [-0.1, -0.05) is 38.1 Å². The fraction of sp³-hybridized carbons (Fsp3) is 0.381. The molecule has 0 unspecified atom stereocenters. The van der Waals surface area contributed by atoms with Gasteiger partial charge in [0.25, 0.3) is 0 Å². The van der Waals surface area contributed by atoms with Crippen LogP contribution in [0.3, 0.4) is 0 Å². The van der Waals surface area contributed by atoms with Crippen molar-refractivity contribution in [3.8, 4) is 5.75 Å². The maximum absolute atomic E-state index is 11.9. The second-order valence-corrected chi connectivity index (χ2v) is 6.40. The van der Waals surface area contributed by atoms with Crippen LogP contribution in [0.4, 0.5) is 5.69 Å². The highest BCUT2D eigenvalue weighted by Crippen LogP contribution is 2.17. The molecule has 0 aliphatic rings. The SMILES string of the molecule is COc1ccc(CCNC(=O)CCNc2ccc(C(C)C)cc2)cc1. The molecule has 0 saturated carbocycles. The van der Waals surface area contributed by atoms with Gasteiger partial charge in [-0.3, -0.25) is 4.79 Å². The van der Waals surface area contributed by atoms with Gasteiger partial charge in [0.15, 0.2) is 0 Å². The first-order valence-corrected chi connectivity index (χ1v) is 8.82. The van der Waals surface area contributed by atoms with Crippen molar-refractivity contribution < 1.29 is 9.53 Å². The summed E-state index contributed by atoms with van der Waals surface area (Å²) in [5, 5.41) is 6.25. The number of anilines is 1. The minimum Gasteiger partial charge on any atom is -0.497 e. The molecule has 0 aliphatic heterocycles. The molecule has 0 fully saturated rings. The molecule has 1 amide bonds. The fourth-order valence-corrected chi connectivity index (χ4v) is 2.53. The Morgan fingerprint density at radius 3 is 2.28 bits per heavy atom. The number of hydrogen-bond donors (Lipinski definition) is 2. The van der Waals surface area contributed by atoms with E-state index in [9.17, 15) is 4.79 Å². The Labute approximate surface area is 150 Å². The maximum atomic E-state index is 11.9. The first kappa shape index (κ1) is 18.8. The van der Waals surface area contributed by atoms with Crippen molar-refractivity contribution in [2.24, 2.45) is 0 Å². The third kappa shape index (κ3) is 6.49. The van der Waals surface area contributed by atoms with Gasteiger partial charge in [-0.15, -0.1) is 0 Å². The van der Waals surface area contributed by atoms with Crippen molar-refractivity contribution in [1.82, 2.24) is 5.32 Å². The molecule has 0 aromatic heterocycles. The van der Waals surface area contributed by atoms with Crippen molar-refractivity contribution in [2.75, 3.05) is 25.5 Å². The number of benzene rings is 2. The maximum Gasteiger partial charge on any atom is 0.221 e. The van der Waals surface area contributed by atoms with Gasteiger partial charge < -0.3 is 15.4 Å². The number of carbonyl (C=O) groups is 1. The summed E-state index contributed by atoms with van der Waals surface area (Å²) in [4.78, 5) is 11.9. The molecule has 0 bridgehead atoms. The largest absolute Gasteiger partial charge is 0.497 e. The van der Waals surface area contributed by atoms with Gasteiger partial charge in [-0.25, -0.2) is 0 Å². The summed E-state index contributed by atoms with van der Waals surface area (Å²) in [5.41, 5.74) is 3.56. The molecule has 2 aromatic rings. The Balaban J connectivity index is 1.63. The number of rotatable bonds is 9. The summed E-state index contributed by atoms with van der Waals surface area (Å²) in [7, 11) is 1.65. The highest BCUT2D eigenvalue weighted by atomic mass is 16.5. The zero-order valence-electron chi connectivity index (χ0n) is 15.3. The molecule has 0 radical (unpaired) electrons. The van der Waals surface area contributed by atoms with Crippen LogP contribution in [0, 0.1) is 0 Å². The minimum atomic E-state index is 0.0693. The Morgan fingerprint density at radius 2 is 1.68 bits per heavy atom. The van der Waals surface area contributed by atoms with E-state index in [2.05, 4.69) is 48.7 Å². The van der Waals surface area contributed by atoms with E-state index < -0.39 is 0 Å². The van der Waals surface area contributed by atoms with Crippen LogP contribution in [0.15, 0.2) is 48.5 Å². The molecule has 4 nitrogen and oxygen atoms in total. The second-order valence-electron chi connectivity index (χ2n) is 6.40. The van der Waals surface area contributed by atoms with Crippen LogP contribution in [0.5, 0.6) is 5.75 Å². The van der Waals surface area contributed by atoms with Crippen molar-refractivity contribution in [3.05, 3.63) is 59.7 Å². The number of amides is 1. The van der Waals surface area contributed by atoms with Gasteiger partial charge in [-0.05, 0) is 47.7 Å². The number of methoxy groups -OCH3 is 1. The monoisotopic (exact) mass is 340 g/mol. The lowest BCUT2D eigenvalue weighted by molar-refractivity contribution is -0.120. The highest BCUT2D eigenvalue weighted by Gasteiger charge is 2.02. The van der Waals surface area contributed by atoms with Crippen LogP contribution < -0.4 is 15.4 Å². The molecule has 25 heavy (non-hydrogen) atoms. The van der Waals surface area contributed by atoms with E-state index in [0.717, 1.165) is 17.9 Å². The van der Waals surface area contributed by atoms with Crippen LogP contribution in [0.1, 0.15) is 37.3 Å². The predicted octanol–water partition coefficient (Wildman–Crippen LogP) is 3.98. The van der Waals surface area contributed by atoms with Crippen LogP contribution in [0.2, 0.25) is 0 Å².